The molecule has 4 rings (SSSR count). The van der Waals surface area contributed by atoms with Crippen molar-refractivity contribution >= 4 is 11.8 Å². The highest BCUT2D eigenvalue weighted by Crippen LogP contribution is 2.36. The molecule has 0 unspecified atom stereocenters. The maximum Gasteiger partial charge on any atom is 0.223 e. The Labute approximate surface area is 136 Å². The minimum atomic E-state index is 0.188. The van der Waals surface area contributed by atoms with Crippen molar-refractivity contribution < 1.29 is 9.59 Å². The van der Waals surface area contributed by atoms with Gasteiger partial charge in [-0.3, -0.25) is 14.6 Å². The van der Waals surface area contributed by atoms with Gasteiger partial charge in [0.1, 0.15) is 0 Å². The van der Waals surface area contributed by atoms with Crippen molar-refractivity contribution in [2.45, 2.75) is 57.2 Å². The largest absolute Gasteiger partial charge is 0.338 e. The molecular weight excluding hydrogens is 290 g/mol. The first-order valence-corrected chi connectivity index (χ1v) is 8.70. The van der Waals surface area contributed by atoms with Gasteiger partial charge >= 0.3 is 0 Å². The Kier molecular flexibility index (Phi) is 3.79. The smallest absolute Gasteiger partial charge is 0.223 e. The monoisotopic (exact) mass is 313 g/mol. The number of carbonyl (C=O) groups is 2. The molecule has 1 saturated carbocycles. The van der Waals surface area contributed by atoms with E-state index in [4.69, 9.17) is 0 Å². The van der Waals surface area contributed by atoms with Gasteiger partial charge in [-0.1, -0.05) is 0 Å². The number of nitrogens with zero attached hydrogens (tertiary/aromatic N) is 3. The normalized spacial score (nSPS) is 27.2. The quantitative estimate of drug-likeness (QED) is 0.854. The second-order valence-corrected chi connectivity index (χ2v) is 7.07. The highest BCUT2D eigenvalue weighted by atomic mass is 16.2. The van der Waals surface area contributed by atoms with Crippen LogP contribution >= 0.6 is 0 Å². The molecule has 0 spiro atoms. The second-order valence-electron chi connectivity index (χ2n) is 7.07. The highest BCUT2D eigenvalue weighted by molar-refractivity contribution is 5.80. The lowest BCUT2D eigenvalue weighted by Gasteiger charge is -2.39. The maximum absolute atomic E-state index is 12.5. The summed E-state index contributed by atoms with van der Waals surface area (Å²) in [6.07, 6.45) is 8.95. The van der Waals surface area contributed by atoms with Crippen LogP contribution in [0.5, 0.6) is 0 Å². The summed E-state index contributed by atoms with van der Waals surface area (Å²) in [5, 5.41) is 0. The summed E-state index contributed by atoms with van der Waals surface area (Å²) in [7, 11) is 0. The Morgan fingerprint density at radius 2 is 1.91 bits per heavy atom. The van der Waals surface area contributed by atoms with Crippen LogP contribution in [0, 0.1) is 5.92 Å². The molecular formula is C18H23N3O2. The summed E-state index contributed by atoms with van der Waals surface area (Å²) in [5.41, 5.74) is 1.11. The Bertz CT molecular complexity index is 600. The fourth-order valence-corrected chi connectivity index (χ4v) is 4.04. The molecule has 1 aromatic rings. The van der Waals surface area contributed by atoms with E-state index in [1.165, 1.54) is 12.8 Å². The third-order valence-electron chi connectivity index (χ3n) is 5.47. The molecule has 5 nitrogen and oxygen atoms in total. The van der Waals surface area contributed by atoms with Gasteiger partial charge in [-0.15, -0.1) is 0 Å². The van der Waals surface area contributed by atoms with Crippen LogP contribution in [-0.2, 0) is 16.1 Å². The van der Waals surface area contributed by atoms with Crippen LogP contribution in [0.15, 0.2) is 24.5 Å². The molecule has 0 aromatic carbocycles. The predicted octanol–water partition coefficient (Wildman–Crippen LogP) is 1.97. The summed E-state index contributed by atoms with van der Waals surface area (Å²) >= 11 is 0. The summed E-state index contributed by atoms with van der Waals surface area (Å²) in [5.74, 6) is 1.15. The van der Waals surface area contributed by atoms with Crippen molar-refractivity contribution in [3.63, 3.8) is 0 Å². The average molecular weight is 313 g/mol. The van der Waals surface area contributed by atoms with E-state index >= 15 is 0 Å². The van der Waals surface area contributed by atoms with Gasteiger partial charge in [-0.05, 0) is 49.3 Å². The zero-order chi connectivity index (χ0) is 15.8. The van der Waals surface area contributed by atoms with E-state index in [9.17, 15) is 9.59 Å². The van der Waals surface area contributed by atoms with E-state index in [-0.39, 0.29) is 18.0 Å². The zero-order valence-corrected chi connectivity index (χ0v) is 13.4. The van der Waals surface area contributed by atoms with Gasteiger partial charge in [0.25, 0.3) is 0 Å². The van der Waals surface area contributed by atoms with Gasteiger partial charge in [0, 0.05) is 38.3 Å². The second kappa shape index (κ2) is 5.95. The SMILES string of the molecule is O=C(CC1CC1)N1CC[C@H]2[C@@H]1CCC(=O)N2Cc1ccncc1. The maximum atomic E-state index is 12.5. The van der Waals surface area contributed by atoms with Crippen LogP contribution in [0.3, 0.4) is 0 Å². The number of fused-ring (bicyclic) bond motifs is 1. The molecule has 3 aliphatic rings. The molecule has 122 valence electrons. The van der Waals surface area contributed by atoms with Gasteiger partial charge in [0.05, 0.1) is 12.1 Å². The predicted molar refractivity (Wildman–Crippen MR) is 85.3 cm³/mol. The van der Waals surface area contributed by atoms with E-state index in [1.54, 1.807) is 12.4 Å². The number of hydrogen-bond acceptors (Lipinski definition) is 3. The van der Waals surface area contributed by atoms with Crippen molar-refractivity contribution in [2.75, 3.05) is 6.54 Å². The fraction of sp³-hybridized carbons (Fsp3) is 0.611. The summed E-state index contributed by atoms with van der Waals surface area (Å²) in [4.78, 5) is 33.0. The summed E-state index contributed by atoms with van der Waals surface area (Å²) in [6.45, 7) is 1.44. The lowest BCUT2D eigenvalue weighted by Crippen LogP contribution is -2.52. The molecule has 1 aromatic heterocycles. The van der Waals surface area contributed by atoms with Gasteiger partial charge in [-0.25, -0.2) is 0 Å². The van der Waals surface area contributed by atoms with Crippen LogP contribution in [0.25, 0.3) is 0 Å². The van der Waals surface area contributed by atoms with Crippen molar-refractivity contribution in [2.24, 2.45) is 5.92 Å². The number of piperidine rings is 1. The topological polar surface area (TPSA) is 53.5 Å². The van der Waals surface area contributed by atoms with Crippen molar-refractivity contribution in [1.29, 1.82) is 0 Å². The van der Waals surface area contributed by atoms with Gasteiger partial charge in [-0.2, -0.15) is 0 Å². The van der Waals surface area contributed by atoms with Crippen molar-refractivity contribution in [3.8, 4) is 0 Å². The lowest BCUT2D eigenvalue weighted by molar-refractivity contribution is -0.142. The fourth-order valence-electron chi connectivity index (χ4n) is 4.04. The van der Waals surface area contributed by atoms with Crippen LogP contribution < -0.4 is 0 Å². The van der Waals surface area contributed by atoms with E-state index in [1.807, 2.05) is 17.0 Å². The van der Waals surface area contributed by atoms with Crippen LogP contribution in [0.1, 0.15) is 44.1 Å². The van der Waals surface area contributed by atoms with E-state index in [0.717, 1.165) is 24.9 Å². The minimum Gasteiger partial charge on any atom is -0.338 e. The Morgan fingerprint density at radius 1 is 1.13 bits per heavy atom. The molecule has 2 amide bonds. The number of amides is 2. The van der Waals surface area contributed by atoms with Crippen LogP contribution in [0.4, 0.5) is 0 Å². The molecule has 3 heterocycles. The highest BCUT2D eigenvalue weighted by Gasteiger charge is 2.45. The molecule has 2 saturated heterocycles. The molecule has 0 bridgehead atoms. The first kappa shape index (κ1) is 14.7. The first-order chi connectivity index (χ1) is 11.2. The molecule has 5 heteroatoms. The standard InChI is InChI=1S/C18H23N3O2/c22-17-4-3-15-16(21(17)12-14-5-8-19-9-6-14)7-10-20(15)18(23)11-13-1-2-13/h5-6,8-9,13,15-16H,1-4,7,10-12H2/t15-,16-/m0/s1. The van der Waals surface area contributed by atoms with Gasteiger partial charge < -0.3 is 9.80 Å². The zero-order valence-electron chi connectivity index (χ0n) is 13.4. The van der Waals surface area contributed by atoms with E-state index in [2.05, 4.69) is 9.88 Å². The number of likely N-dealkylation sites (tertiary alicyclic amines) is 2. The van der Waals surface area contributed by atoms with Crippen molar-refractivity contribution in [3.05, 3.63) is 30.1 Å². The number of aromatic nitrogens is 1. The molecule has 1 aliphatic carbocycles. The third-order valence-corrected chi connectivity index (χ3v) is 5.47. The summed E-state index contributed by atoms with van der Waals surface area (Å²) in [6, 6.07) is 4.33. The van der Waals surface area contributed by atoms with Gasteiger partial charge in [0.15, 0.2) is 0 Å². The molecule has 0 N–H and O–H groups in total. The number of rotatable bonds is 4. The molecule has 2 aliphatic heterocycles. The molecule has 2 atom stereocenters. The Hall–Kier alpha value is -1.91. The van der Waals surface area contributed by atoms with Crippen molar-refractivity contribution in [1.82, 2.24) is 14.8 Å². The average Bonchev–Trinajstić information content (AvgIpc) is 3.26. The van der Waals surface area contributed by atoms with Crippen LogP contribution in [0.2, 0.25) is 0 Å². The Morgan fingerprint density at radius 3 is 2.65 bits per heavy atom. The lowest BCUT2D eigenvalue weighted by atomic mass is 9.95. The Balaban J connectivity index is 1.47. The molecule has 0 radical (unpaired) electrons. The van der Waals surface area contributed by atoms with Crippen LogP contribution in [-0.4, -0.2) is 45.2 Å². The first-order valence-electron chi connectivity index (χ1n) is 8.70. The number of pyridine rings is 1. The van der Waals surface area contributed by atoms with Gasteiger partial charge in [0.2, 0.25) is 11.8 Å². The number of carbonyl (C=O) groups excluding carboxylic acids is 2. The van der Waals surface area contributed by atoms with E-state index in [0.29, 0.717) is 31.2 Å². The molecule has 23 heavy (non-hydrogen) atoms. The minimum absolute atomic E-state index is 0.188. The molecule has 3 fully saturated rings. The summed E-state index contributed by atoms with van der Waals surface area (Å²) < 4.78 is 0. The third kappa shape index (κ3) is 2.96. The van der Waals surface area contributed by atoms with E-state index < -0.39 is 0 Å². The number of hydrogen-bond donors (Lipinski definition) is 0.